The molecule has 0 bridgehead atoms. The Hall–Kier alpha value is -2.90. The zero-order valence-electron chi connectivity index (χ0n) is 22.0. The number of ether oxygens (including phenoxy) is 2. The lowest BCUT2D eigenvalue weighted by Gasteiger charge is -2.44. The highest BCUT2D eigenvalue weighted by Gasteiger charge is 2.53. The van der Waals surface area contributed by atoms with Gasteiger partial charge >= 0.3 is 12.2 Å². The lowest BCUT2D eigenvalue weighted by molar-refractivity contribution is -0.161. The zero-order valence-corrected chi connectivity index (χ0v) is 20.0. The lowest BCUT2D eigenvalue weighted by atomic mass is 9.93. The molecule has 0 N–H and O–H groups in total. The van der Waals surface area contributed by atoms with Gasteiger partial charge in [0.05, 0.1) is 1.37 Å². The van der Waals surface area contributed by atoms with E-state index in [2.05, 4.69) is 0 Å². The summed E-state index contributed by atoms with van der Waals surface area (Å²) in [7, 11) is 0. The minimum atomic E-state index is -2.82. The molecule has 176 valence electrons. The van der Waals surface area contributed by atoms with E-state index >= 15 is 0 Å². The molecule has 32 heavy (non-hydrogen) atoms. The van der Waals surface area contributed by atoms with Crippen molar-refractivity contribution >= 4 is 24.0 Å². The molecule has 1 saturated heterocycles. The van der Waals surface area contributed by atoms with Crippen molar-refractivity contribution in [2.24, 2.45) is 5.92 Å². The quantitative estimate of drug-likeness (QED) is 0.689. The van der Waals surface area contributed by atoms with Crippen LogP contribution in [-0.4, -0.2) is 57.1 Å². The molecular weight excluding hydrogens is 412 g/mol. The van der Waals surface area contributed by atoms with Gasteiger partial charge in [-0.3, -0.25) is 9.59 Å². The molecule has 1 aliphatic heterocycles. The summed E-state index contributed by atoms with van der Waals surface area (Å²) >= 11 is 0. The number of rotatable bonds is 3. The Morgan fingerprint density at radius 2 is 1.41 bits per heavy atom. The summed E-state index contributed by atoms with van der Waals surface area (Å²) in [4.78, 5) is 54.8. The van der Waals surface area contributed by atoms with Crippen LogP contribution in [0.2, 0.25) is 0 Å². The fourth-order valence-electron chi connectivity index (χ4n) is 3.13. The topological polar surface area (TPSA) is 93.2 Å². The van der Waals surface area contributed by atoms with E-state index in [9.17, 15) is 19.2 Å². The summed E-state index contributed by atoms with van der Waals surface area (Å²) in [6.45, 7) is 12.7. The first-order chi connectivity index (χ1) is 15.4. The summed E-state index contributed by atoms with van der Waals surface area (Å²) in [5.41, 5.74) is -1.82. The first-order valence-electron chi connectivity index (χ1n) is 11.6. The number of piperazine rings is 1. The number of nitrogens with zero attached hydrogens (tertiary/aromatic N) is 2. The monoisotopic (exact) mass is 448 g/mol. The second-order valence-corrected chi connectivity index (χ2v) is 9.94. The zero-order chi connectivity index (χ0) is 26.2. The van der Waals surface area contributed by atoms with E-state index in [1.165, 1.54) is 12.1 Å². The van der Waals surface area contributed by atoms with Gasteiger partial charge in [-0.05, 0) is 53.0 Å². The molecule has 1 heterocycles. The maximum absolute atomic E-state index is 13.8. The Labute approximate surface area is 192 Å². The van der Waals surface area contributed by atoms with Crippen molar-refractivity contribution in [3.8, 4) is 0 Å². The van der Waals surface area contributed by atoms with E-state index in [0.29, 0.717) is 9.80 Å². The van der Waals surface area contributed by atoms with Crippen LogP contribution in [0.3, 0.4) is 0 Å². The summed E-state index contributed by atoms with van der Waals surface area (Å²) in [5, 5.41) is 0. The Bertz CT molecular complexity index is 954. The van der Waals surface area contributed by atoms with Gasteiger partial charge in [-0.25, -0.2) is 19.4 Å². The molecule has 2 rings (SSSR count). The predicted octanol–water partition coefficient (Wildman–Crippen LogP) is 4.16. The van der Waals surface area contributed by atoms with Crippen LogP contribution in [0.15, 0.2) is 30.3 Å². The standard InChI is InChI=1S/C24H34N2O6/c1-15(2)18-20(28)25(21(29)31-23(3,4)5)17(14-16-12-10-9-11-13-16)19(27)26(18)22(30)32-24(6,7)8/h9-13,15,17-18H,14H2,1-8H3/t17-,18-/m0/s1/i14D,17D/t14-,17+,18+/m1. The molecule has 1 aromatic rings. The number of carbonyl (C=O) groups is 4. The Balaban J connectivity index is 2.74. The van der Waals surface area contributed by atoms with Crippen LogP contribution in [0.1, 0.15) is 63.7 Å². The van der Waals surface area contributed by atoms with Crippen LogP contribution in [-0.2, 0) is 25.5 Å². The molecule has 3 atom stereocenters. The minimum absolute atomic E-state index is 0.208. The SMILES string of the molecule is [2H][C@H](c1ccccc1)[C@@]1([2H])C(=O)N(C(=O)OC(C)(C)C)[C@@H](C(C)C)C(=O)N1C(=O)OC(C)(C)C. The van der Waals surface area contributed by atoms with Crippen LogP contribution in [0.5, 0.6) is 0 Å². The number of hydrogen-bond donors (Lipinski definition) is 0. The van der Waals surface area contributed by atoms with E-state index in [0.717, 1.165) is 0 Å². The predicted molar refractivity (Wildman–Crippen MR) is 119 cm³/mol. The summed E-state index contributed by atoms with van der Waals surface area (Å²) in [6.07, 6.45) is -4.08. The van der Waals surface area contributed by atoms with Gasteiger partial charge in [-0.2, -0.15) is 0 Å². The fourth-order valence-corrected chi connectivity index (χ4v) is 3.13. The van der Waals surface area contributed by atoms with Crippen molar-refractivity contribution in [3.05, 3.63) is 35.9 Å². The molecule has 0 radical (unpaired) electrons. The first kappa shape index (κ1) is 22.3. The number of amides is 4. The third kappa shape index (κ3) is 6.08. The average molecular weight is 449 g/mol. The highest BCUT2D eigenvalue weighted by Crippen LogP contribution is 2.29. The minimum Gasteiger partial charge on any atom is -0.443 e. The normalized spacial score (nSPS) is 24.1. The van der Waals surface area contributed by atoms with E-state index < -0.39 is 59.6 Å². The van der Waals surface area contributed by atoms with Crippen LogP contribution in [0.4, 0.5) is 9.59 Å². The second kappa shape index (κ2) is 9.30. The van der Waals surface area contributed by atoms with E-state index in [1.807, 2.05) is 0 Å². The van der Waals surface area contributed by atoms with E-state index in [-0.39, 0.29) is 5.56 Å². The molecule has 0 aromatic heterocycles. The highest BCUT2D eigenvalue weighted by molar-refractivity contribution is 6.10. The van der Waals surface area contributed by atoms with Gasteiger partial charge in [-0.15, -0.1) is 0 Å². The molecule has 0 aliphatic carbocycles. The molecule has 8 nitrogen and oxygen atoms in total. The van der Waals surface area contributed by atoms with Gasteiger partial charge < -0.3 is 9.47 Å². The van der Waals surface area contributed by atoms with Crippen molar-refractivity contribution in [1.29, 1.82) is 0 Å². The van der Waals surface area contributed by atoms with Crippen LogP contribution in [0.25, 0.3) is 0 Å². The highest BCUT2D eigenvalue weighted by atomic mass is 16.6. The van der Waals surface area contributed by atoms with Crippen molar-refractivity contribution < 1.29 is 31.4 Å². The summed E-state index contributed by atoms with van der Waals surface area (Å²) in [5.74, 6) is -2.81. The first-order valence-corrected chi connectivity index (χ1v) is 10.5. The summed E-state index contributed by atoms with van der Waals surface area (Å²) in [6, 6.07) is 3.68. The second-order valence-electron chi connectivity index (χ2n) is 9.94. The molecule has 8 heteroatoms. The maximum atomic E-state index is 13.8. The Morgan fingerprint density at radius 3 is 1.84 bits per heavy atom. The largest absolute Gasteiger partial charge is 0.443 e. The van der Waals surface area contributed by atoms with Crippen LogP contribution < -0.4 is 0 Å². The van der Waals surface area contributed by atoms with Gasteiger partial charge in [0, 0.05) is 7.77 Å². The molecule has 1 aliphatic rings. The van der Waals surface area contributed by atoms with E-state index in [1.54, 1.807) is 73.6 Å². The Kier molecular flexibility index (Phi) is 6.48. The van der Waals surface area contributed by atoms with Gasteiger partial charge in [-0.1, -0.05) is 44.2 Å². The molecular formula is C24H34N2O6. The molecule has 0 unspecified atom stereocenters. The van der Waals surface area contributed by atoms with Crippen molar-refractivity contribution in [1.82, 2.24) is 9.80 Å². The molecule has 1 aromatic carbocycles. The van der Waals surface area contributed by atoms with Gasteiger partial charge in [0.15, 0.2) is 0 Å². The van der Waals surface area contributed by atoms with Gasteiger partial charge in [0.1, 0.15) is 23.3 Å². The molecule has 0 spiro atoms. The number of carbonyl (C=O) groups excluding carboxylic acids is 4. The van der Waals surface area contributed by atoms with Crippen LogP contribution in [0, 0.1) is 5.92 Å². The molecule has 0 saturated carbocycles. The fraction of sp³-hybridized carbons (Fsp3) is 0.583. The van der Waals surface area contributed by atoms with Crippen molar-refractivity contribution in [2.45, 2.75) is 85.0 Å². The number of benzene rings is 1. The van der Waals surface area contributed by atoms with Crippen LogP contribution >= 0.6 is 0 Å². The molecule has 1 fully saturated rings. The number of hydrogen-bond acceptors (Lipinski definition) is 6. The average Bonchev–Trinajstić information content (AvgIpc) is 2.67. The smallest absolute Gasteiger partial charge is 0.417 e. The van der Waals surface area contributed by atoms with Gasteiger partial charge in [0.25, 0.3) is 11.8 Å². The number of imide groups is 2. The molecule has 4 amide bonds. The maximum Gasteiger partial charge on any atom is 0.417 e. The van der Waals surface area contributed by atoms with E-state index in [4.69, 9.17) is 12.2 Å². The van der Waals surface area contributed by atoms with Crippen molar-refractivity contribution in [2.75, 3.05) is 0 Å². The Morgan fingerprint density at radius 1 is 0.938 bits per heavy atom. The third-order valence-corrected chi connectivity index (χ3v) is 4.33. The lowest BCUT2D eigenvalue weighted by Crippen LogP contribution is -2.69. The van der Waals surface area contributed by atoms with Gasteiger partial charge in [0.2, 0.25) is 0 Å². The summed E-state index contributed by atoms with van der Waals surface area (Å²) < 4.78 is 28.6. The third-order valence-electron chi connectivity index (χ3n) is 4.33. The van der Waals surface area contributed by atoms with Crippen molar-refractivity contribution in [3.63, 3.8) is 0 Å².